The highest BCUT2D eigenvalue weighted by atomic mass is 16.5. The van der Waals surface area contributed by atoms with Gasteiger partial charge in [0.05, 0.1) is 0 Å². The van der Waals surface area contributed by atoms with Crippen molar-refractivity contribution in [2.75, 3.05) is 40.0 Å². The summed E-state index contributed by atoms with van der Waals surface area (Å²) in [5, 5.41) is 4.38. The number of hydrogen-bond acceptors (Lipinski definition) is 4. The molecule has 3 heterocycles. The van der Waals surface area contributed by atoms with Crippen LogP contribution in [0.3, 0.4) is 0 Å². The van der Waals surface area contributed by atoms with E-state index in [2.05, 4.69) is 10.3 Å². The largest absolute Gasteiger partial charge is 0.385 e. The predicted octanol–water partition coefficient (Wildman–Crippen LogP) is 2.72. The van der Waals surface area contributed by atoms with Crippen molar-refractivity contribution in [3.05, 3.63) is 36.0 Å². The lowest BCUT2D eigenvalue weighted by molar-refractivity contribution is -0.130. The van der Waals surface area contributed by atoms with Crippen molar-refractivity contribution in [3.8, 4) is 0 Å². The summed E-state index contributed by atoms with van der Waals surface area (Å²) in [6.07, 6.45) is 5.67. The number of carbonyl (C=O) groups excluding carboxylic acids is 2. The molecule has 0 bridgehead atoms. The van der Waals surface area contributed by atoms with Gasteiger partial charge in [-0.05, 0) is 56.4 Å². The van der Waals surface area contributed by atoms with Gasteiger partial charge >= 0.3 is 0 Å². The molecule has 1 aromatic carbocycles. The molecule has 2 aliphatic heterocycles. The zero-order valence-electron chi connectivity index (χ0n) is 17.6. The van der Waals surface area contributed by atoms with E-state index in [0.29, 0.717) is 38.5 Å². The van der Waals surface area contributed by atoms with Crippen LogP contribution >= 0.6 is 0 Å². The standard InChI is InChI=1S/C23H31N3O4/c1-29-15-9-23(25-21(27)17-5-13-30-14-6-17)7-11-26(12-8-23)22(28)19-2-3-20-18(16-19)4-10-24-20/h2-4,10,16-17,24H,5-9,11-15H2,1H3,(H,25,27). The van der Waals surface area contributed by atoms with E-state index in [0.717, 1.165) is 43.0 Å². The molecule has 2 saturated heterocycles. The number of piperidine rings is 1. The Bertz CT molecular complexity index is 879. The van der Waals surface area contributed by atoms with Gasteiger partial charge in [-0.1, -0.05) is 0 Å². The van der Waals surface area contributed by atoms with Crippen LogP contribution in [0.5, 0.6) is 0 Å². The number of nitrogens with zero attached hydrogens (tertiary/aromatic N) is 1. The third-order valence-corrected chi connectivity index (χ3v) is 6.57. The zero-order valence-corrected chi connectivity index (χ0v) is 17.6. The topological polar surface area (TPSA) is 83.7 Å². The first-order valence-electron chi connectivity index (χ1n) is 10.9. The van der Waals surface area contributed by atoms with Crippen molar-refractivity contribution < 1.29 is 19.1 Å². The number of amides is 2. The van der Waals surface area contributed by atoms with Gasteiger partial charge in [-0.2, -0.15) is 0 Å². The molecule has 0 aliphatic carbocycles. The van der Waals surface area contributed by atoms with E-state index in [9.17, 15) is 9.59 Å². The Hall–Kier alpha value is -2.38. The van der Waals surface area contributed by atoms with E-state index in [1.807, 2.05) is 35.4 Å². The van der Waals surface area contributed by atoms with Crippen LogP contribution in [0, 0.1) is 5.92 Å². The van der Waals surface area contributed by atoms with Crippen molar-refractivity contribution >= 4 is 22.7 Å². The summed E-state index contributed by atoms with van der Waals surface area (Å²) in [6.45, 7) is 3.14. The maximum absolute atomic E-state index is 13.0. The normalized spacial score (nSPS) is 19.7. The van der Waals surface area contributed by atoms with E-state index < -0.39 is 0 Å². The summed E-state index contributed by atoms with van der Waals surface area (Å²) < 4.78 is 10.7. The van der Waals surface area contributed by atoms with E-state index in [-0.39, 0.29) is 23.3 Å². The highest BCUT2D eigenvalue weighted by Crippen LogP contribution is 2.29. The highest BCUT2D eigenvalue weighted by Gasteiger charge is 2.38. The number of fused-ring (bicyclic) bond motifs is 1. The fourth-order valence-electron chi connectivity index (χ4n) is 4.56. The van der Waals surface area contributed by atoms with Crippen LogP contribution in [0.25, 0.3) is 10.9 Å². The van der Waals surface area contributed by atoms with Crippen LogP contribution in [0.2, 0.25) is 0 Å². The summed E-state index contributed by atoms with van der Waals surface area (Å²) in [5.41, 5.74) is 1.42. The zero-order chi connectivity index (χ0) is 21.0. The van der Waals surface area contributed by atoms with Crippen LogP contribution in [0.15, 0.2) is 30.5 Å². The fourth-order valence-corrected chi connectivity index (χ4v) is 4.56. The number of ether oxygens (including phenoxy) is 2. The second-order valence-corrected chi connectivity index (χ2v) is 8.47. The minimum absolute atomic E-state index is 0.0194. The number of carbonyl (C=O) groups is 2. The van der Waals surface area contributed by atoms with Gasteiger partial charge in [0.2, 0.25) is 5.91 Å². The summed E-state index contributed by atoms with van der Waals surface area (Å²) >= 11 is 0. The van der Waals surface area contributed by atoms with Gasteiger partial charge in [-0.3, -0.25) is 9.59 Å². The Kier molecular flexibility index (Phi) is 6.39. The molecule has 2 aromatic rings. The molecule has 0 radical (unpaired) electrons. The molecule has 2 fully saturated rings. The van der Waals surface area contributed by atoms with Crippen molar-refractivity contribution in [2.24, 2.45) is 5.92 Å². The average molecular weight is 414 g/mol. The molecule has 2 N–H and O–H groups in total. The number of aromatic amines is 1. The summed E-state index contributed by atoms with van der Waals surface area (Å²) in [6, 6.07) is 7.74. The number of hydrogen-bond donors (Lipinski definition) is 2. The Labute approximate surface area is 177 Å². The van der Waals surface area contributed by atoms with E-state index >= 15 is 0 Å². The highest BCUT2D eigenvalue weighted by molar-refractivity contribution is 5.98. The van der Waals surface area contributed by atoms with Gasteiger partial charge in [-0.25, -0.2) is 0 Å². The van der Waals surface area contributed by atoms with E-state index in [4.69, 9.17) is 9.47 Å². The van der Waals surface area contributed by atoms with Gasteiger partial charge in [0.1, 0.15) is 0 Å². The number of benzene rings is 1. The van der Waals surface area contributed by atoms with Crippen LogP contribution in [0.1, 0.15) is 42.5 Å². The van der Waals surface area contributed by atoms with Crippen molar-refractivity contribution in [1.29, 1.82) is 0 Å². The van der Waals surface area contributed by atoms with Crippen LogP contribution < -0.4 is 5.32 Å². The lowest BCUT2D eigenvalue weighted by Crippen LogP contribution is -2.58. The molecule has 0 atom stereocenters. The van der Waals surface area contributed by atoms with Crippen LogP contribution in [-0.4, -0.2) is 67.3 Å². The number of H-pyrrole nitrogens is 1. The molecule has 2 aliphatic rings. The molecule has 7 heteroatoms. The second-order valence-electron chi connectivity index (χ2n) is 8.47. The minimum atomic E-state index is -0.313. The lowest BCUT2D eigenvalue weighted by Gasteiger charge is -2.43. The monoisotopic (exact) mass is 413 g/mol. The SMILES string of the molecule is COCCC1(NC(=O)C2CCOCC2)CCN(C(=O)c2ccc3[nH]ccc3c2)CC1. The Balaban J connectivity index is 1.41. The van der Waals surface area contributed by atoms with Gasteiger partial charge in [0, 0.05) is 74.1 Å². The smallest absolute Gasteiger partial charge is 0.253 e. The lowest BCUT2D eigenvalue weighted by atomic mass is 9.83. The minimum Gasteiger partial charge on any atom is -0.385 e. The molecule has 0 unspecified atom stereocenters. The molecular weight excluding hydrogens is 382 g/mol. The van der Waals surface area contributed by atoms with E-state index in [1.165, 1.54) is 0 Å². The molecule has 2 amide bonds. The van der Waals surface area contributed by atoms with Crippen molar-refractivity contribution in [2.45, 2.75) is 37.6 Å². The molecular formula is C23H31N3O4. The van der Waals surface area contributed by atoms with Crippen molar-refractivity contribution in [3.63, 3.8) is 0 Å². The summed E-state index contributed by atoms with van der Waals surface area (Å²) in [4.78, 5) is 31.0. The number of nitrogens with one attached hydrogen (secondary N) is 2. The first-order chi connectivity index (χ1) is 14.6. The first kappa shape index (κ1) is 20.9. The van der Waals surface area contributed by atoms with Crippen LogP contribution in [0.4, 0.5) is 0 Å². The maximum atomic E-state index is 13.0. The number of likely N-dealkylation sites (tertiary alicyclic amines) is 1. The Morgan fingerprint density at radius 1 is 1.23 bits per heavy atom. The third-order valence-electron chi connectivity index (χ3n) is 6.57. The molecule has 0 saturated carbocycles. The number of rotatable bonds is 6. The van der Waals surface area contributed by atoms with E-state index in [1.54, 1.807) is 7.11 Å². The Morgan fingerprint density at radius 2 is 2.00 bits per heavy atom. The van der Waals surface area contributed by atoms with Gasteiger partial charge in [0.15, 0.2) is 0 Å². The van der Waals surface area contributed by atoms with Gasteiger partial charge < -0.3 is 24.7 Å². The predicted molar refractivity (Wildman–Crippen MR) is 114 cm³/mol. The molecule has 162 valence electrons. The molecule has 4 rings (SSSR count). The number of aromatic nitrogens is 1. The first-order valence-corrected chi connectivity index (χ1v) is 10.9. The molecule has 1 aromatic heterocycles. The average Bonchev–Trinajstić information content (AvgIpc) is 3.26. The summed E-state index contributed by atoms with van der Waals surface area (Å²) in [5.74, 6) is 0.187. The molecule has 0 spiro atoms. The molecule has 7 nitrogen and oxygen atoms in total. The Morgan fingerprint density at radius 3 is 2.73 bits per heavy atom. The summed E-state index contributed by atoms with van der Waals surface area (Å²) in [7, 11) is 1.68. The fraction of sp³-hybridized carbons (Fsp3) is 0.565. The van der Waals surface area contributed by atoms with Crippen molar-refractivity contribution in [1.82, 2.24) is 15.2 Å². The van der Waals surface area contributed by atoms with Gasteiger partial charge in [-0.15, -0.1) is 0 Å². The molecule has 30 heavy (non-hydrogen) atoms. The van der Waals surface area contributed by atoms with Gasteiger partial charge in [0.25, 0.3) is 5.91 Å². The number of methoxy groups -OCH3 is 1. The maximum Gasteiger partial charge on any atom is 0.253 e. The second kappa shape index (κ2) is 9.18. The van der Waals surface area contributed by atoms with Crippen LogP contribution in [-0.2, 0) is 14.3 Å². The quantitative estimate of drug-likeness (QED) is 0.763. The third kappa shape index (κ3) is 4.52.